The van der Waals surface area contributed by atoms with Crippen molar-refractivity contribution in [3.8, 4) is 17.2 Å². The van der Waals surface area contributed by atoms with Crippen molar-refractivity contribution < 1.29 is 13.9 Å². The molecular weight excluding hydrogens is 356 g/mol. The average molecular weight is 380 g/mol. The molecule has 1 aromatic heterocycles. The molecule has 7 nitrogen and oxygen atoms in total. The van der Waals surface area contributed by atoms with Crippen LogP contribution in [0.3, 0.4) is 0 Å². The van der Waals surface area contributed by atoms with Crippen LogP contribution in [0.4, 0.5) is 11.4 Å². The zero-order valence-electron chi connectivity index (χ0n) is 16.5. The van der Waals surface area contributed by atoms with Crippen molar-refractivity contribution in [2.75, 3.05) is 30.4 Å². The molecule has 0 saturated carbocycles. The number of hydrogen-bond acceptors (Lipinski definition) is 6. The number of carbonyl (C=O) groups excluding carboxylic acids is 1. The minimum Gasteiger partial charge on any atom is -0.497 e. The molecule has 28 heavy (non-hydrogen) atoms. The van der Waals surface area contributed by atoms with Crippen molar-refractivity contribution in [2.45, 2.75) is 20.8 Å². The summed E-state index contributed by atoms with van der Waals surface area (Å²) in [5.41, 5.74) is 3.52. The highest BCUT2D eigenvalue weighted by Gasteiger charge is 2.17. The number of nitrogens with one attached hydrogen (secondary N) is 1. The van der Waals surface area contributed by atoms with E-state index in [0.29, 0.717) is 11.3 Å². The molecule has 0 aliphatic heterocycles. The highest BCUT2D eigenvalue weighted by atomic mass is 16.5. The normalized spacial score (nSPS) is 10.6. The highest BCUT2D eigenvalue weighted by Crippen LogP contribution is 2.24. The van der Waals surface area contributed by atoms with Gasteiger partial charge in [0.1, 0.15) is 5.75 Å². The molecule has 0 aliphatic carbocycles. The molecule has 1 amide bonds. The second-order valence-corrected chi connectivity index (χ2v) is 6.27. The van der Waals surface area contributed by atoms with E-state index in [2.05, 4.69) is 40.3 Å². The number of ether oxygens (including phenoxy) is 1. The van der Waals surface area contributed by atoms with Crippen LogP contribution in [-0.2, 0) is 0 Å². The van der Waals surface area contributed by atoms with Gasteiger partial charge in [0.25, 0.3) is 0 Å². The number of anilines is 2. The van der Waals surface area contributed by atoms with Gasteiger partial charge in [-0.1, -0.05) is 0 Å². The summed E-state index contributed by atoms with van der Waals surface area (Å²) in [4.78, 5) is 14.8. The van der Waals surface area contributed by atoms with Crippen LogP contribution in [0.15, 0.2) is 46.9 Å². The summed E-state index contributed by atoms with van der Waals surface area (Å²) in [5, 5.41) is 10.7. The zero-order chi connectivity index (χ0) is 20.1. The van der Waals surface area contributed by atoms with Crippen LogP contribution in [0.1, 0.15) is 30.1 Å². The SMILES string of the molecule is CCN(CC)c1ccc(NC(=O)c2nnc(-c3ccc(OC)cc3)o2)c(C)c1. The van der Waals surface area contributed by atoms with Gasteiger partial charge >= 0.3 is 11.8 Å². The van der Waals surface area contributed by atoms with Crippen molar-refractivity contribution >= 4 is 17.3 Å². The van der Waals surface area contributed by atoms with E-state index in [1.807, 2.05) is 19.1 Å². The van der Waals surface area contributed by atoms with Gasteiger partial charge in [-0.15, -0.1) is 10.2 Å². The number of methoxy groups -OCH3 is 1. The van der Waals surface area contributed by atoms with E-state index in [4.69, 9.17) is 9.15 Å². The van der Waals surface area contributed by atoms with Gasteiger partial charge in [0, 0.05) is 30.0 Å². The molecule has 1 heterocycles. The largest absolute Gasteiger partial charge is 0.497 e. The van der Waals surface area contributed by atoms with Crippen LogP contribution in [0, 0.1) is 6.92 Å². The molecular formula is C21H24N4O3. The highest BCUT2D eigenvalue weighted by molar-refractivity contribution is 6.01. The molecule has 0 radical (unpaired) electrons. The summed E-state index contributed by atoms with van der Waals surface area (Å²) in [6.07, 6.45) is 0. The first-order valence-corrected chi connectivity index (χ1v) is 9.20. The maximum Gasteiger partial charge on any atom is 0.313 e. The van der Waals surface area contributed by atoms with E-state index in [0.717, 1.165) is 30.1 Å². The predicted molar refractivity (Wildman–Crippen MR) is 109 cm³/mol. The molecule has 0 spiro atoms. The Balaban J connectivity index is 1.74. The minimum absolute atomic E-state index is 0.0852. The standard InChI is InChI=1S/C21H24N4O3/c1-5-25(6-2)16-9-12-18(14(3)13-16)22-19(26)21-24-23-20(28-21)15-7-10-17(27-4)11-8-15/h7-13H,5-6H2,1-4H3,(H,22,26). The molecule has 146 valence electrons. The molecule has 0 bridgehead atoms. The number of aromatic nitrogens is 2. The summed E-state index contributed by atoms with van der Waals surface area (Å²) in [5.74, 6) is 0.482. The number of aryl methyl sites for hydroxylation is 1. The van der Waals surface area contributed by atoms with Crippen LogP contribution < -0.4 is 15.0 Å². The summed E-state index contributed by atoms with van der Waals surface area (Å²) in [6, 6.07) is 13.1. The second kappa shape index (κ2) is 8.56. The fourth-order valence-corrected chi connectivity index (χ4v) is 2.91. The Morgan fingerprint density at radius 2 is 1.82 bits per heavy atom. The number of nitrogens with zero attached hydrogens (tertiary/aromatic N) is 3. The third-order valence-electron chi connectivity index (χ3n) is 4.54. The van der Waals surface area contributed by atoms with E-state index < -0.39 is 5.91 Å². The first kappa shape index (κ1) is 19.4. The molecule has 7 heteroatoms. The molecule has 2 aromatic carbocycles. The van der Waals surface area contributed by atoms with Crippen LogP contribution in [0.5, 0.6) is 5.75 Å². The quantitative estimate of drug-likeness (QED) is 0.663. The number of benzene rings is 2. The van der Waals surface area contributed by atoms with Crippen LogP contribution in [-0.4, -0.2) is 36.3 Å². The van der Waals surface area contributed by atoms with Gasteiger partial charge in [0.05, 0.1) is 7.11 Å². The van der Waals surface area contributed by atoms with Crippen LogP contribution in [0.25, 0.3) is 11.5 Å². The summed E-state index contributed by atoms with van der Waals surface area (Å²) >= 11 is 0. The second-order valence-electron chi connectivity index (χ2n) is 6.27. The number of carbonyl (C=O) groups is 1. The third kappa shape index (κ3) is 4.14. The van der Waals surface area contributed by atoms with Gasteiger partial charge < -0.3 is 19.4 Å². The summed E-state index contributed by atoms with van der Waals surface area (Å²) < 4.78 is 10.7. The lowest BCUT2D eigenvalue weighted by atomic mass is 10.1. The summed E-state index contributed by atoms with van der Waals surface area (Å²) in [6.45, 7) is 8.05. The van der Waals surface area contributed by atoms with Crippen molar-refractivity contribution in [1.82, 2.24) is 10.2 Å². The number of amides is 1. The Labute approximate surface area is 164 Å². The maximum atomic E-state index is 12.5. The van der Waals surface area contributed by atoms with Crippen molar-refractivity contribution in [1.29, 1.82) is 0 Å². The van der Waals surface area contributed by atoms with Crippen molar-refractivity contribution in [3.05, 3.63) is 53.9 Å². The van der Waals surface area contributed by atoms with Crippen LogP contribution >= 0.6 is 0 Å². The van der Waals surface area contributed by atoms with E-state index in [1.54, 1.807) is 31.4 Å². The first-order valence-electron chi connectivity index (χ1n) is 9.20. The van der Waals surface area contributed by atoms with Gasteiger partial charge in [-0.3, -0.25) is 4.79 Å². The first-order chi connectivity index (χ1) is 13.5. The molecule has 3 aromatic rings. The third-order valence-corrected chi connectivity index (χ3v) is 4.54. The molecule has 0 saturated heterocycles. The predicted octanol–water partition coefficient (Wildman–Crippen LogP) is 4.15. The molecule has 0 atom stereocenters. The number of hydrogen-bond donors (Lipinski definition) is 1. The average Bonchev–Trinajstić information content (AvgIpc) is 3.21. The van der Waals surface area contributed by atoms with E-state index in [9.17, 15) is 4.79 Å². The Kier molecular flexibility index (Phi) is 5.93. The summed E-state index contributed by atoms with van der Waals surface area (Å²) in [7, 11) is 1.60. The topological polar surface area (TPSA) is 80.5 Å². The van der Waals surface area contributed by atoms with Gasteiger partial charge in [-0.25, -0.2) is 0 Å². The fraction of sp³-hybridized carbons (Fsp3) is 0.286. The van der Waals surface area contributed by atoms with Crippen molar-refractivity contribution in [2.24, 2.45) is 0 Å². The van der Waals surface area contributed by atoms with E-state index >= 15 is 0 Å². The van der Waals surface area contributed by atoms with E-state index in [-0.39, 0.29) is 11.8 Å². The lowest BCUT2D eigenvalue weighted by Gasteiger charge is -2.22. The molecule has 0 aliphatic rings. The maximum absolute atomic E-state index is 12.5. The van der Waals surface area contributed by atoms with Gasteiger partial charge in [0.15, 0.2) is 0 Å². The molecule has 3 rings (SSSR count). The van der Waals surface area contributed by atoms with Crippen molar-refractivity contribution in [3.63, 3.8) is 0 Å². The monoisotopic (exact) mass is 380 g/mol. The smallest absolute Gasteiger partial charge is 0.313 e. The zero-order valence-corrected chi connectivity index (χ0v) is 16.5. The molecule has 0 unspecified atom stereocenters. The lowest BCUT2D eigenvalue weighted by Crippen LogP contribution is -2.22. The lowest BCUT2D eigenvalue weighted by molar-refractivity contribution is 0.0990. The Morgan fingerprint density at radius 3 is 2.43 bits per heavy atom. The molecule has 1 N–H and O–H groups in total. The Hall–Kier alpha value is -3.35. The number of rotatable bonds is 7. The Morgan fingerprint density at radius 1 is 1.11 bits per heavy atom. The van der Waals surface area contributed by atoms with E-state index in [1.165, 1.54) is 0 Å². The fourth-order valence-electron chi connectivity index (χ4n) is 2.91. The minimum atomic E-state index is -0.439. The van der Waals surface area contributed by atoms with Gasteiger partial charge in [-0.2, -0.15) is 0 Å². The molecule has 0 fully saturated rings. The van der Waals surface area contributed by atoms with Crippen LogP contribution in [0.2, 0.25) is 0 Å². The van der Waals surface area contributed by atoms with Gasteiger partial charge in [-0.05, 0) is 68.8 Å². The van der Waals surface area contributed by atoms with Gasteiger partial charge in [0.2, 0.25) is 5.89 Å². The Bertz CT molecular complexity index is 947.